The first kappa shape index (κ1) is 29.2. The molecule has 0 aliphatic heterocycles. The predicted molar refractivity (Wildman–Crippen MR) is 112 cm³/mol. The van der Waals surface area contributed by atoms with Gasteiger partial charge in [-0.25, -0.2) is 0 Å². The summed E-state index contributed by atoms with van der Waals surface area (Å²) in [6.07, 6.45) is 3.53. The Morgan fingerprint density at radius 1 is 0.533 bits per heavy atom. The number of esters is 1. The Bertz CT molecular complexity index is 342. The van der Waals surface area contributed by atoms with E-state index < -0.39 is 0 Å². The second kappa shape index (κ2) is 26.2. The number of unbranched alkanes of at least 4 members (excludes halogenated alkanes) is 2. The van der Waals surface area contributed by atoms with E-state index >= 15 is 0 Å². The van der Waals surface area contributed by atoms with Crippen LogP contribution in [0.4, 0.5) is 0 Å². The quantitative estimate of drug-likeness (QED) is 0.156. The van der Waals surface area contributed by atoms with E-state index in [1.807, 2.05) is 0 Å². The van der Waals surface area contributed by atoms with Crippen molar-refractivity contribution in [2.24, 2.45) is 0 Å². The van der Waals surface area contributed by atoms with Crippen LogP contribution in [0.3, 0.4) is 0 Å². The molecule has 30 heavy (non-hydrogen) atoms. The number of carbonyl (C=O) groups is 1. The van der Waals surface area contributed by atoms with Crippen molar-refractivity contribution in [1.82, 2.24) is 0 Å². The Morgan fingerprint density at radius 2 is 0.900 bits per heavy atom. The van der Waals surface area contributed by atoms with Gasteiger partial charge in [0.25, 0.3) is 0 Å². The fraction of sp³-hybridized carbons (Fsp3) is 0.952. The summed E-state index contributed by atoms with van der Waals surface area (Å²) in [6, 6.07) is 0. The third-order valence-electron chi connectivity index (χ3n) is 3.77. The molecule has 0 saturated heterocycles. The number of ether oxygens (including phenoxy) is 8. The van der Waals surface area contributed by atoms with Crippen LogP contribution in [0.5, 0.6) is 0 Å². The lowest BCUT2D eigenvalue weighted by molar-refractivity contribution is -0.145. The average molecular weight is 439 g/mol. The van der Waals surface area contributed by atoms with Crippen LogP contribution in [-0.2, 0) is 42.7 Å². The summed E-state index contributed by atoms with van der Waals surface area (Å²) < 4.78 is 42.1. The lowest BCUT2D eigenvalue weighted by atomic mass is 10.2. The van der Waals surface area contributed by atoms with Crippen molar-refractivity contribution >= 4 is 5.97 Å². The van der Waals surface area contributed by atoms with E-state index in [0.717, 1.165) is 19.3 Å². The summed E-state index contributed by atoms with van der Waals surface area (Å²) >= 11 is 0. The van der Waals surface area contributed by atoms with Gasteiger partial charge in [0.2, 0.25) is 0 Å². The second-order valence-corrected chi connectivity index (χ2v) is 6.34. The van der Waals surface area contributed by atoms with Gasteiger partial charge in [0.05, 0.1) is 85.9 Å². The van der Waals surface area contributed by atoms with Crippen molar-refractivity contribution in [3.63, 3.8) is 0 Å². The summed E-state index contributed by atoms with van der Waals surface area (Å²) in [5.74, 6) is -0.153. The van der Waals surface area contributed by atoms with Crippen molar-refractivity contribution in [2.45, 2.75) is 32.6 Å². The van der Waals surface area contributed by atoms with E-state index in [-0.39, 0.29) is 5.97 Å². The van der Waals surface area contributed by atoms with E-state index in [4.69, 9.17) is 37.9 Å². The smallest absolute Gasteiger partial charge is 0.305 e. The van der Waals surface area contributed by atoms with Crippen molar-refractivity contribution in [3.05, 3.63) is 0 Å². The third kappa shape index (κ3) is 25.2. The number of methoxy groups -OCH3 is 1. The second-order valence-electron chi connectivity index (χ2n) is 6.34. The third-order valence-corrected chi connectivity index (χ3v) is 3.77. The van der Waals surface area contributed by atoms with Gasteiger partial charge in [-0.1, -0.05) is 19.8 Å². The fourth-order valence-electron chi connectivity index (χ4n) is 2.15. The van der Waals surface area contributed by atoms with Gasteiger partial charge in [-0.15, -0.1) is 0 Å². The van der Waals surface area contributed by atoms with Gasteiger partial charge in [-0.3, -0.25) is 4.79 Å². The largest absolute Gasteiger partial charge is 0.463 e. The molecule has 0 heterocycles. The Hall–Kier alpha value is -0.810. The highest BCUT2D eigenvalue weighted by Crippen LogP contribution is 2.00. The SMILES string of the molecule is CCCCCC(=O)OCCOCCOCCOCCOCCOCCOCCOC. The molecule has 0 aliphatic rings. The highest BCUT2D eigenvalue weighted by Gasteiger charge is 2.01. The minimum atomic E-state index is -0.153. The molecule has 0 unspecified atom stereocenters. The number of carbonyl (C=O) groups excluding carboxylic acids is 1. The molecule has 0 fully saturated rings. The Kier molecular flexibility index (Phi) is 25.5. The Morgan fingerprint density at radius 3 is 1.27 bits per heavy atom. The van der Waals surface area contributed by atoms with Crippen molar-refractivity contribution in [3.8, 4) is 0 Å². The van der Waals surface area contributed by atoms with Crippen LogP contribution < -0.4 is 0 Å². The zero-order valence-electron chi connectivity index (χ0n) is 18.9. The van der Waals surface area contributed by atoms with Crippen LogP contribution in [0.15, 0.2) is 0 Å². The molecular formula is C21H42O9. The van der Waals surface area contributed by atoms with Crippen LogP contribution in [0.1, 0.15) is 32.6 Å². The zero-order chi connectivity index (χ0) is 22.0. The van der Waals surface area contributed by atoms with Crippen LogP contribution in [0, 0.1) is 0 Å². The van der Waals surface area contributed by atoms with Gasteiger partial charge < -0.3 is 37.9 Å². The maximum absolute atomic E-state index is 11.4. The van der Waals surface area contributed by atoms with Gasteiger partial charge in [0, 0.05) is 13.5 Å². The minimum absolute atomic E-state index is 0.153. The van der Waals surface area contributed by atoms with Gasteiger partial charge in [-0.2, -0.15) is 0 Å². The standard InChI is InChI=1S/C21H42O9/c1-3-4-5-6-21(22)30-20-19-29-18-17-28-16-15-27-14-13-26-12-11-25-10-9-24-8-7-23-2/h3-20H2,1-2H3. The Labute approximate surface area is 181 Å². The van der Waals surface area contributed by atoms with Gasteiger partial charge in [-0.05, 0) is 6.42 Å². The number of hydrogen-bond donors (Lipinski definition) is 0. The van der Waals surface area contributed by atoms with E-state index in [9.17, 15) is 4.79 Å². The van der Waals surface area contributed by atoms with E-state index in [1.54, 1.807) is 7.11 Å². The predicted octanol–water partition coefficient (Wildman–Crippen LogP) is 1.86. The number of rotatable bonds is 25. The molecule has 0 bridgehead atoms. The normalized spacial score (nSPS) is 11.1. The maximum Gasteiger partial charge on any atom is 0.305 e. The molecule has 0 amide bonds. The van der Waals surface area contributed by atoms with Gasteiger partial charge >= 0.3 is 5.97 Å². The molecule has 0 N–H and O–H groups in total. The summed E-state index contributed by atoms with van der Waals surface area (Å²) in [4.78, 5) is 11.4. The van der Waals surface area contributed by atoms with Crippen LogP contribution in [0.2, 0.25) is 0 Å². The Balaban J connectivity index is 3.06. The highest BCUT2D eigenvalue weighted by molar-refractivity contribution is 5.69. The molecule has 0 saturated carbocycles. The molecule has 0 aromatic carbocycles. The lowest BCUT2D eigenvalue weighted by Crippen LogP contribution is -2.15. The van der Waals surface area contributed by atoms with Gasteiger partial charge in [0.15, 0.2) is 0 Å². The zero-order valence-corrected chi connectivity index (χ0v) is 18.9. The minimum Gasteiger partial charge on any atom is -0.463 e. The van der Waals surface area contributed by atoms with Crippen molar-refractivity contribution in [2.75, 3.05) is 99.6 Å². The van der Waals surface area contributed by atoms with Crippen LogP contribution in [0.25, 0.3) is 0 Å². The van der Waals surface area contributed by atoms with Crippen molar-refractivity contribution in [1.29, 1.82) is 0 Å². The molecule has 0 radical (unpaired) electrons. The van der Waals surface area contributed by atoms with Crippen molar-refractivity contribution < 1.29 is 42.7 Å². The summed E-state index contributed by atoms with van der Waals surface area (Å²) in [6.45, 7) is 9.14. The number of hydrogen-bond acceptors (Lipinski definition) is 9. The topological polar surface area (TPSA) is 90.9 Å². The molecule has 0 aliphatic carbocycles. The molecule has 0 aromatic heterocycles. The average Bonchev–Trinajstić information content (AvgIpc) is 2.75. The van der Waals surface area contributed by atoms with E-state index in [0.29, 0.717) is 98.9 Å². The van der Waals surface area contributed by atoms with Crippen LogP contribution in [-0.4, -0.2) is 106 Å². The molecule has 0 rings (SSSR count). The molecule has 0 spiro atoms. The lowest BCUT2D eigenvalue weighted by Gasteiger charge is -2.08. The summed E-state index contributed by atoms with van der Waals surface area (Å²) in [7, 11) is 1.64. The first-order valence-electron chi connectivity index (χ1n) is 10.9. The van der Waals surface area contributed by atoms with E-state index in [2.05, 4.69) is 6.92 Å². The first-order chi connectivity index (χ1) is 14.8. The molecule has 180 valence electrons. The molecule has 0 aromatic rings. The molecular weight excluding hydrogens is 396 g/mol. The van der Waals surface area contributed by atoms with Gasteiger partial charge in [0.1, 0.15) is 6.61 Å². The molecule has 9 heteroatoms. The summed E-state index contributed by atoms with van der Waals surface area (Å²) in [5.41, 5.74) is 0. The monoisotopic (exact) mass is 438 g/mol. The van der Waals surface area contributed by atoms with Crippen LogP contribution >= 0.6 is 0 Å². The molecule has 9 nitrogen and oxygen atoms in total. The van der Waals surface area contributed by atoms with E-state index in [1.165, 1.54) is 0 Å². The summed E-state index contributed by atoms with van der Waals surface area (Å²) in [5, 5.41) is 0. The molecule has 0 atom stereocenters. The first-order valence-corrected chi connectivity index (χ1v) is 10.9. The highest BCUT2D eigenvalue weighted by atomic mass is 16.6. The fourth-order valence-corrected chi connectivity index (χ4v) is 2.15. The maximum atomic E-state index is 11.4.